The van der Waals surface area contributed by atoms with E-state index in [1.54, 1.807) is 6.92 Å². The Morgan fingerprint density at radius 3 is 2.36 bits per heavy atom. The van der Waals surface area contributed by atoms with Gasteiger partial charge in [0.05, 0.1) is 15.6 Å². The molecule has 0 saturated carbocycles. The standard InChI is InChI=1S/C16H11Cl2N3O2S2/c1-8-12(25-16(19-8)9-5-3-2-4-6-9)15(23)21-20-14(22)10-7-11(17)24-13(10)18/h2-7H,1H3,(H,20,22)(H,21,23). The molecule has 9 heteroatoms. The Labute approximate surface area is 161 Å². The van der Waals surface area contributed by atoms with Gasteiger partial charge in [-0.25, -0.2) is 4.98 Å². The van der Waals surface area contributed by atoms with Crippen LogP contribution < -0.4 is 10.9 Å². The van der Waals surface area contributed by atoms with Crippen LogP contribution in [0.25, 0.3) is 10.6 Å². The molecule has 0 fully saturated rings. The van der Waals surface area contributed by atoms with Crippen molar-refractivity contribution >= 4 is 57.7 Å². The van der Waals surface area contributed by atoms with E-state index in [4.69, 9.17) is 23.2 Å². The highest BCUT2D eigenvalue weighted by molar-refractivity contribution is 7.20. The van der Waals surface area contributed by atoms with Crippen molar-refractivity contribution < 1.29 is 9.59 Å². The van der Waals surface area contributed by atoms with Crippen LogP contribution in [0.2, 0.25) is 8.67 Å². The highest BCUT2D eigenvalue weighted by atomic mass is 35.5. The number of amides is 2. The van der Waals surface area contributed by atoms with Gasteiger partial charge in [0.2, 0.25) is 0 Å². The lowest BCUT2D eigenvalue weighted by Gasteiger charge is -2.05. The van der Waals surface area contributed by atoms with E-state index in [1.807, 2.05) is 30.3 Å². The number of thiophene rings is 1. The molecule has 3 rings (SSSR count). The lowest BCUT2D eigenvalue weighted by molar-refractivity contribution is 0.0848. The number of carbonyl (C=O) groups is 2. The van der Waals surface area contributed by atoms with Gasteiger partial charge in [-0.2, -0.15) is 0 Å². The van der Waals surface area contributed by atoms with E-state index in [2.05, 4.69) is 15.8 Å². The normalized spacial score (nSPS) is 10.5. The molecule has 1 aromatic carbocycles. The van der Waals surface area contributed by atoms with Crippen LogP contribution in [0.1, 0.15) is 25.7 Å². The second kappa shape index (κ2) is 7.53. The fourth-order valence-electron chi connectivity index (χ4n) is 2.04. The summed E-state index contributed by atoms with van der Waals surface area (Å²) in [5.74, 6) is -0.977. The van der Waals surface area contributed by atoms with Gasteiger partial charge in [-0.3, -0.25) is 20.4 Å². The van der Waals surface area contributed by atoms with Crippen LogP contribution >= 0.6 is 45.9 Å². The summed E-state index contributed by atoms with van der Waals surface area (Å²) >= 11 is 14.1. The number of nitrogens with one attached hydrogen (secondary N) is 2. The summed E-state index contributed by atoms with van der Waals surface area (Å²) in [4.78, 5) is 29.2. The van der Waals surface area contributed by atoms with E-state index in [9.17, 15) is 9.59 Å². The fraction of sp³-hybridized carbons (Fsp3) is 0.0625. The summed E-state index contributed by atoms with van der Waals surface area (Å²) in [6.45, 7) is 1.75. The Bertz CT molecular complexity index is 938. The molecule has 25 heavy (non-hydrogen) atoms. The van der Waals surface area contributed by atoms with Gasteiger partial charge in [0.25, 0.3) is 11.8 Å². The molecule has 2 N–H and O–H groups in total. The molecule has 0 radical (unpaired) electrons. The largest absolute Gasteiger partial charge is 0.281 e. The average Bonchev–Trinajstić information content (AvgIpc) is 3.15. The Kier molecular flexibility index (Phi) is 5.39. The van der Waals surface area contributed by atoms with E-state index in [0.717, 1.165) is 21.9 Å². The molecule has 128 valence electrons. The first-order valence-electron chi connectivity index (χ1n) is 7.04. The zero-order valence-corrected chi connectivity index (χ0v) is 15.9. The maximum atomic E-state index is 12.3. The molecule has 5 nitrogen and oxygen atoms in total. The average molecular weight is 412 g/mol. The predicted octanol–water partition coefficient (Wildman–Crippen LogP) is 4.56. The van der Waals surface area contributed by atoms with E-state index >= 15 is 0 Å². The van der Waals surface area contributed by atoms with Crippen LogP contribution in [0.4, 0.5) is 0 Å². The SMILES string of the molecule is Cc1nc(-c2ccccc2)sc1C(=O)NNC(=O)c1cc(Cl)sc1Cl. The minimum absolute atomic E-state index is 0.211. The fourth-order valence-corrected chi connectivity index (χ4v) is 4.47. The second-order valence-corrected chi connectivity index (χ2v) is 8.23. The highest BCUT2D eigenvalue weighted by Crippen LogP contribution is 2.31. The molecule has 2 amide bonds. The van der Waals surface area contributed by atoms with Crippen LogP contribution in [-0.4, -0.2) is 16.8 Å². The van der Waals surface area contributed by atoms with Gasteiger partial charge >= 0.3 is 0 Å². The molecule has 0 aliphatic carbocycles. The molecule has 0 unspecified atom stereocenters. The Balaban J connectivity index is 1.71. The van der Waals surface area contributed by atoms with Gasteiger partial charge < -0.3 is 0 Å². The van der Waals surface area contributed by atoms with E-state index in [1.165, 1.54) is 17.4 Å². The molecular formula is C16H11Cl2N3O2S2. The van der Waals surface area contributed by atoms with Gasteiger partial charge in [-0.15, -0.1) is 22.7 Å². The Morgan fingerprint density at radius 1 is 1.04 bits per heavy atom. The minimum atomic E-state index is -0.535. The number of thiazole rings is 1. The van der Waals surface area contributed by atoms with Crippen LogP contribution in [-0.2, 0) is 0 Å². The Morgan fingerprint density at radius 2 is 1.72 bits per heavy atom. The summed E-state index contributed by atoms with van der Waals surface area (Å²) in [7, 11) is 0. The van der Waals surface area contributed by atoms with Gasteiger partial charge in [0.1, 0.15) is 14.2 Å². The number of nitrogens with zero attached hydrogens (tertiary/aromatic N) is 1. The molecule has 0 bridgehead atoms. The molecular weight excluding hydrogens is 401 g/mol. The van der Waals surface area contributed by atoms with Crippen LogP contribution in [0, 0.1) is 6.92 Å². The molecule has 0 atom stereocenters. The van der Waals surface area contributed by atoms with Crippen molar-refractivity contribution in [2.75, 3.05) is 0 Å². The Hall–Kier alpha value is -1.93. The topological polar surface area (TPSA) is 71.1 Å². The summed E-state index contributed by atoms with van der Waals surface area (Å²) in [6.07, 6.45) is 0. The quantitative estimate of drug-likeness (QED) is 0.620. The number of carbonyl (C=O) groups excluding carboxylic acids is 2. The first kappa shape index (κ1) is 17.9. The van der Waals surface area contributed by atoms with Gasteiger partial charge in [-0.1, -0.05) is 53.5 Å². The van der Waals surface area contributed by atoms with Gasteiger partial charge in [0.15, 0.2) is 0 Å². The van der Waals surface area contributed by atoms with Crippen molar-refractivity contribution in [3.63, 3.8) is 0 Å². The van der Waals surface area contributed by atoms with E-state index in [-0.39, 0.29) is 9.90 Å². The van der Waals surface area contributed by atoms with Crippen molar-refractivity contribution in [2.24, 2.45) is 0 Å². The van der Waals surface area contributed by atoms with Crippen molar-refractivity contribution in [2.45, 2.75) is 6.92 Å². The number of hydrogen-bond acceptors (Lipinski definition) is 5. The van der Waals surface area contributed by atoms with Gasteiger partial charge in [-0.05, 0) is 13.0 Å². The summed E-state index contributed by atoms with van der Waals surface area (Å²) in [6, 6.07) is 11.0. The van der Waals surface area contributed by atoms with Crippen LogP contribution in [0.3, 0.4) is 0 Å². The van der Waals surface area contributed by atoms with Crippen molar-refractivity contribution in [3.05, 3.63) is 61.2 Å². The van der Waals surface area contributed by atoms with Crippen molar-refractivity contribution in [3.8, 4) is 10.6 Å². The first-order valence-corrected chi connectivity index (χ1v) is 9.43. The summed E-state index contributed by atoms with van der Waals surface area (Å²) in [5, 5.41) is 0.738. The number of hydrogen-bond donors (Lipinski definition) is 2. The minimum Gasteiger partial charge on any atom is -0.267 e. The van der Waals surface area contributed by atoms with E-state index in [0.29, 0.717) is 14.9 Å². The number of halogens is 2. The van der Waals surface area contributed by atoms with Crippen LogP contribution in [0.15, 0.2) is 36.4 Å². The monoisotopic (exact) mass is 411 g/mol. The highest BCUT2D eigenvalue weighted by Gasteiger charge is 2.18. The zero-order chi connectivity index (χ0) is 18.0. The number of hydrazine groups is 1. The molecule has 0 spiro atoms. The third kappa shape index (κ3) is 4.01. The number of aromatic nitrogens is 1. The van der Waals surface area contributed by atoms with Crippen LogP contribution in [0.5, 0.6) is 0 Å². The van der Waals surface area contributed by atoms with Gasteiger partial charge in [0, 0.05) is 5.56 Å². The maximum Gasteiger partial charge on any atom is 0.281 e. The lowest BCUT2D eigenvalue weighted by atomic mass is 10.2. The lowest BCUT2D eigenvalue weighted by Crippen LogP contribution is -2.41. The maximum absolute atomic E-state index is 12.3. The third-order valence-electron chi connectivity index (χ3n) is 3.21. The molecule has 0 saturated heterocycles. The zero-order valence-electron chi connectivity index (χ0n) is 12.8. The summed E-state index contributed by atoms with van der Waals surface area (Å²) in [5.41, 5.74) is 6.44. The predicted molar refractivity (Wildman–Crippen MR) is 102 cm³/mol. The molecule has 2 aromatic heterocycles. The van der Waals surface area contributed by atoms with Crippen molar-refractivity contribution in [1.82, 2.24) is 15.8 Å². The number of benzene rings is 1. The smallest absolute Gasteiger partial charge is 0.267 e. The molecule has 2 heterocycles. The first-order chi connectivity index (χ1) is 12.0. The van der Waals surface area contributed by atoms with Crippen molar-refractivity contribution in [1.29, 1.82) is 0 Å². The molecule has 0 aliphatic rings. The molecule has 0 aliphatic heterocycles. The van der Waals surface area contributed by atoms with E-state index < -0.39 is 11.8 Å². The molecule has 3 aromatic rings. The summed E-state index contributed by atoms with van der Waals surface area (Å²) < 4.78 is 0.657. The third-order valence-corrected chi connectivity index (χ3v) is 5.91. The second-order valence-electron chi connectivity index (χ2n) is 4.95. The number of aryl methyl sites for hydroxylation is 1. The number of rotatable bonds is 3.